The van der Waals surface area contributed by atoms with Crippen molar-refractivity contribution >= 4 is 22.9 Å². The average molecular weight is 264 g/mol. The fourth-order valence-corrected chi connectivity index (χ4v) is 1.72. The lowest BCUT2D eigenvalue weighted by Crippen LogP contribution is -2.10. The number of nitrogens with one attached hydrogen (secondary N) is 3. The van der Waals surface area contributed by atoms with Crippen LogP contribution in [0.4, 0.5) is 11.8 Å². The molecule has 2 rings (SSSR count). The summed E-state index contributed by atoms with van der Waals surface area (Å²) in [6.07, 6.45) is 2.56. The normalized spacial score (nSPS) is 10.8. The molecule has 0 aromatic carbocycles. The van der Waals surface area contributed by atoms with Crippen LogP contribution in [0.25, 0.3) is 11.2 Å². The first-order chi connectivity index (χ1) is 9.35. The highest BCUT2D eigenvalue weighted by Gasteiger charge is 2.08. The summed E-state index contributed by atoms with van der Waals surface area (Å²) in [5, 5.41) is 6.39. The third kappa shape index (κ3) is 3.54. The summed E-state index contributed by atoms with van der Waals surface area (Å²) in [4.78, 5) is 16.0. The van der Waals surface area contributed by atoms with E-state index in [-0.39, 0.29) is 0 Å². The van der Waals surface area contributed by atoms with Gasteiger partial charge in [-0.2, -0.15) is 9.97 Å². The molecule has 0 spiro atoms. The van der Waals surface area contributed by atoms with Gasteiger partial charge in [-0.15, -0.1) is 0 Å². The molecule has 104 valence electrons. The number of hydrogen-bond donors (Lipinski definition) is 3. The predicted octanol–water partition coefficient (Wildman–Crippen LogP) is 1.62. The summed E-state index contributed by atoms with van der Waals surface area (Å²) in [5.74, 6) is 1.37. The van der Waals surface area contributed by atoms with E-state index in [0.717, 1.165) is 44.1 Å². The second kappa shape index (κ2) is 6.89. The zero-order chi connectivity index (χ0) is 13.5. The molecule has 0 atom stereocenters. The molecule has 0 bridgehead atoms. The summed E-state index contributed by atoms with van der Waals surface area (Å²) >= 11 is 0. The van der Waals surface area contributed by atoms with Crippen LogP contribution in [0, 0.1) is 0 Å². The standard InChI is InChI=1S/C12H20N6O/c1-3-13-12-17-10(14-6-5-7-19-4-2)9-11(18-12)16-8-15-9/h8H,3-7H2,1-2H3,(H3,13,14,15,16,17,18). The van der Waals surface area contributed by atoms with Crippen LogP contribution < -0.4 is 10.6 Å². The Balaban J connectivity index is 2.04. The molecule has 3 N–H and O–H groups in total. The van der Waals surface area contributed by atoms with Gasteiger partial charge in [0.05, 0.1) is 6.33 Å². The van der Waals surface area contributed by atoms with Gasteiger partial charge in [0.25, 0.3) is 0 Å². The second-order valence-corrected chi connectivity index (χ2v) is 4.00. The third-order valence-corrected chi connectivity index (χ3v) is 2.58. The summed E-state index contributed by atoms with van der Waals surface area (Å²) in [6, 6.07) is 0. The van der Waals surface area contributed by atoms with Crippen molar-refractivity contribution in [2.75, 3.05) is 36.9 Å². The van der Waals surface area contributed by atoms with E-state index in [9.17, 15) is 0 Å². The number of hydrogen-bond acceptors (Lipinski definition) is 6. The maximum Gasteiger partial charge on any atom is 0.226 e. The fraction of sp³-hybridized carbons (Fsp3) is 0.583. The Bertz CT molecular complexity index is 512. The van der Waals surface area contributed by atoms with E-state index in [1.54, 1.807) is 6.33 Å². The number of H-pyrrole nitrogens is 1. The molecule has 0 radical (unpaired) electrons. The monoisotopic (exact) mass is 264 g/mol. The van der Waals surface area contributed by atoms with Crippen molar-refractivity contribution in [2.45, 2.75) is 20.3 Å². The van der Waals surface area contributed by atoms with Gasteiger partial charge in [0.2, 0.25) is 5.95 Å². The molecule has 2 heterocycles. The quantitative estimate of drug-likeness (QED) is 0.628. The van der Waals surface area contributed by atoms with E-state index in [1.807, 2.05) is 13.8 Å². The average Bonchev–Trinajstić information content (AvgIpc) is 2.87. The molecule has 7 heteroatoms. The molecule has 2 aromatic heterocycles. The van der Waals surface area contributed by atoms with Crippen LogP contribution in [0.5, 0.6) is 0 Å². The van der Waals surface area contributed by atoms with Crippen LogP contribution in [-0.2, 0) is 4.74 Å². The molecule has 2 aromatic rings. The van der Waals surface area contributed by atoms with Gasteiger partial charge in [-0.25, -0.2) is 4.98 Å². The SMILES string of the molecule is CCNc1nc(NCCCOCC)c2[nH]cnc2n1. The minimum Gasteiger partial charge on any atom is -0.382 e. The van der Waals surface area contributed by atoms with E-state index in [0.29, 0.717) is 11.6 Å². The summed E-state index contributed by atoms with van der Waals surface area (Å²) in [7, 11) is 0. The number of ether oxygens (including phenoxy) is 1. The maximum absolute atomic E-state index is 5.30. The van der Waals surface area contributed by atoms with Crippen molar-refractivity contribution in [3.8, 4) is 0 Å². The first kappa shape index (κ1) is 13.5. The molecule has 19 heavy (non-hydrogen) atoms. The molecule has 0 aliphatic carbocycles. The van der Waals surface area contributed by atoms with Crippen molar-refractivity contribution in [3.63, 3.8) is 0 Å². The molecular weight excluding hydrogens is 244 g/mol. The Morgan fingerprint density at radius 2 is 2.16 bits per heavy atom. The first-order valence-electron chi connectivity index (χ1n) is 6.61. The van der Waals surface area contributed by atoms with E-state index < -0.39 is 0 Å². The maximum atomic E-state index is 5.30. The van der Waals surface area contributed by atoms with E-state index in [2.05, 4.69) is 30.6 Å². The number of imidazole rings is 1. The Kier molecular flexibility index (Phi) is 4.91. The Labute approximate surface area is 112 Å². The molecule has 0 saturated carbocycles. The van der Waals surface area contributed by atoms with E-state index in [1.165, 1.54) is 0 Å². The highest BCUT2D eigenvalue weighted by Crippen LogP contribution is 2.18. The number of rotatable bonds is 8. The fourth-order valence-electron chi connectivity index (χ4n) is 1.72. The van der Waals surface area contributed by atoms with Gasteiger partial charge in [-0.3, -0.25) is 0 Å². The van der Waals surface area contributed by atoms with E-state index >= 15 is 0 Å². The Hall–Kier alpha value is -1.89. The molecule has 0 amide bonds. The topological polar surface area (TPSA) is 87.8 Å². The van der Waals surface area contributed by atoms with Crippen LogP contribution in [0.3, 0.4) is 0 Å². The molecule has 0 aliphatic rings. The molecule has 0 saturated heterocycles. The van der Waals surface area contributed by atoms with Gasteiger partial charge in [0, 0.05) is 26.3 Å². The lowest BCUT2D eigenvalue weighted by Gasteiger charge is -2.08. The van der Waals surface area contributed by atoms with Crippen molar-refractivity contribution < 1.29 is 4.74 Å². The minimum atomic E-state index is 0.592. The summed E-state index contributed by atoms with van der Waals surface area (Å²) < 4.78 is 5.30. The largest absolute Gasteiger partial charge is 0.382 e. The van der Waals surface area contributed by atoms with Gasteiger partial charge < -0.3 is 20.4 Å². The number of fused-ring (bicyclic) bond motifs is 1. The number of nitrogens with zero attached hydrogens (tertiary/aromatic N) is 3. The van der Waals surface area contributed by atoms with Crippen LogP contribution in [-0.4, -0.2) is 46.2 Å². The highest BCUT2D eigenvalue weighted by molar-refractivity contribution is 5.83. The summed E-state index contributed by atoms with van der Waals surface area (Å²) in [5.41, 5.74) is 1.50. The van der Waals surface area contributed by atoms with Gasteiger partial charge in [0.15, 0.2) is 11.5 Å². The number of aromatic amines is 1. The minimum absolute atomic E-state index is 0.592. The lowest BCUT2D eigenvalue weighted by atomic mass is 10.4. The van der Waals surface area contributed by atoms with Crippen molar-refractivity contribution in [1.29, 1.82) is 0 Å². The highest BCUT2D eigenvalue weighted by atomic mass is 16.5. The molecule has 0 aliphatic heterocycles. The van der Waals surface area contributed by atoms with Crippen LogP contribution >= 0.6 is 0 Å². The molecular formula is C12H20N6O. The molecule has 0 unspecified atom stereocenters. The van der Waals surface area contributed by atoms with E-state index in [4.69, 9.17) is 4.74 Å². The predicted molar refractivity (Wildman–Crippen MR) is 75.4 cm³/mol. The smallest absolute Gasteiger partial charge is 0.226 e. The van der Waals surface area contributed by atoms with Crippen molar-refractivity contribution in [2.24, 2.45) is 0 Å². The number of aromatic nitrogens is 4. The summed E-state index contributed by atoms with van der Waals surface area (Å²) in [6.45, 7) is 7.09. The van der Waals surface area contributed by atoms with Crippen LogP contribution in [0.1, 0.15) is 20.3 Å². The van der Waals surface area contributed by atoms with Gasteiger partial charge in [-0.05, 0) is 20.3 Å². The van der Waals surface area contributed by atoms with Crippen molar-refractivity contribution in [3.05, 3.63) is 6.33 Å². The van der Waals surface area contributed by atoms with Gasteiger partial charge in [-0.1, -0.05) is 0 Å². The molecule has 7 nitrogen and oxygen atoms in total. The van der Waals surface area contributed by atoms with Crippen LogP contribution in [0.2, 0.25) is 0 Å². The van der Waals surface area contributed by atoms with Crippen molar-refractivity contribution in [1.82, 2.24) is 19.9 Å². The Morgan fingerprint density at radius 3 is 2.95 bits per heavy atom. The second-order valence-electron chi connectivity index (χ2n) is 4.00. The van der Waals surface area contributed by atoms with Gasteiger partial charge in [0.1, 0.15) is 5.52 Å². The third-order valence-electron chi connectivity index (χ3n) is 2.58. The van der Waals surface area contributed by atoms with Gasteiger partial charge >= 0.3 is 0 Å². The zero-order valence-corrected chi connectivity index (χ0v) is 11.4. The Morgan fingerprint density at radius 1 is 1.26 bits per heavy atom. The molecule has 0 fully saturated rings. The lowest BCUT2D eigenvalue weighted by molar-refractivity contribution is 0.147. The van der Waals surface area contributed by atoms with Crippen LogP contribution in [0.15, 0.2) is 6.33 Å². The first-order valence-corrected chi connectivity index (χ1v) is 6.61. The zero-order valence-electron chi connectivity index (χ0n) is 11.4. The number of anilines is 2.